The standard InChI is InChI=1S/C16H17N3/c1-12-5-4-6-13(11-12)16-18-14(8-9-17)15-7-2-3-10-19(15)16/h2-7,10-11H,8-9,17H2,1H3. The number of pyridine rings is 1. The first-order valence-corrected chi connectivity index (χ1v) is 6.52. The molecule has 0 radical (unpaired) electrons. The van der Waals surface area contributed by atoms with E-state index in [2.05, 4.69) is 47.9 Å². The zero-order valence-electron chi connectivity index (χ0n) is 11.0. The van der Waals surface area contributed by atoms with Gasteiger partial charge in [-0.05, 0) is 31.7 Å². The summed E-state index contributed by atoms with van der Waals surface area (Å²) >= 11 is 0. The molecule has 3 heteroatoms. The van der Waals surface area contributed by atoms with Gasteiger partial charge in [-0.25, -0.2) is 4.98 Å². The summed E-state index contributed by atoms with van der Waals surface area (Å²) in [4.78, 5) is 4.77. The summed E-state index contributed by atoms with van der Waals surface area (Å²) in [6, 6.07) is 14.6. The van der Waals surface area contributed by atoms with Crippen molar-refractivity contribution in [2.45, 2.75) is 13.3 Å². The SMILES string of the molecule is Cc1cccc(-c2nc(CCN)c3ccccn23)c1. The van der Waals surface area contributed by atoms with E-state index in [0.717, 1.165) is 29.0 Å². The van der Waals surface area contributed by atoms with Crippen LogP contribution in [0.5, 0.6) is 0 Å². The van der Waals surface area contributed by atoms with Crippen molar-refractivity contribution in [3.8, 4) is 11.4 Å². The molecule has 0 amide bonds. The van der Waals surface area contributed by atoms with Gasteiger partial charge in [-0.15, -0.1) is 0 Å². The van der Waals surface area contributed by atoms with E-state index in [1.807, 2.05) is 12.1 Å². The highest BCUT2D eigenvalue weighted by molar-refractivity contribution is 5.66. The van der Waals surface area contributed by atoms with Crippen molar-refractivity contribution in [2.75, 3.05) is 6.54 Å². The van der Waals surface area contributed by atoms with Crippen LogP contribution in [0.3, 0.4) is 0 Å². The Morgan fingerprint density at radius 3 is 2.84 bits per heavy atom. The maximum Gasteiger partial charge on any atom is 0.144 e. The second kappa shape index (κ2) is 4.86. The summed E-state index contributed by atoms with van der Waals surface area (Å²) in [6.07, 6.45) is 2.86. The predicted octanol–water partition coefficient (Wildman–Crippen LogP) is 2.81. The minimum absolute atomic E-state index is 0.620. The maximum absolute atomic E-state index is 5.67. The first-order chi connectivity index (χ1) is 9.29. The largest absolute Gasteiger partial charge is 0.330 e. The first kappa shape index (κ1) is 11.9. The molecule has 0 atom stereocenters. The van der Waals surface area contributed by atoms with Crippen LogP contribution in [0.15, 0.2) is 48.7 Å². The molecule has 3 nitrogen and oxygen atoms in total. The van der Waals surface area contributed by atoms with Crippen LogP contribution in [0.25, 0.3) is 16.9 Å². The number of nitrogens with zero attached hydrogens (tertiary/aromatic N) is 2. The molecule has 3 rings (SSSR count). The van der Waals surface area contributed by atoms with Crippen molar-refractivity contribution in [3.63, 3.8) is 0 Å². The molecule has 0 fully saturated rings. The molecule has 19 heavy (non-hydrogen) atoms. The Hall–Kier alpha value is -2.13. The van der Waals surface area contributed by atoms with Crippen LogP contribution >= 0.6 is 0 Å². The summed E-state index contributed by atoms with van der Waals surface area (Å²) in [5.41, 5.74) is 10.3. The van der Waals surface area contributed by atoms with Crippen LogP contribution in [0.1, 0.15) is 11.3 Å². The van der Waals surface area contributed by atoms with Gasteiger partial charge in [0.1, 0.15) is 5.82 Å². The number of hydrogen-bond donors (Lipinski definition) is 1. The average molecular weight is 251 g/mol. The van der Waals surface area contributed by atoms with E-state index < -0.39 is 0 Å². The fourth-order valence-electron chi connectivity index (χ4n) is 2.41. The van der Waals surface area contributed by atoms with Crippen LogP contribution in [-0.2, 0) is 6.42 Å². The number of aromatic nitrogens is 2. The number of aryl methyl sites for hydroxylation is 1. The third-order valence-electron chi connectivity index (χ3n) is 3.28. The molecule has 2 aromatic heterocycles. The lowest BCUT2D eigenvalue weighted by molar-refractivity contribution is 0.944. The molecular formula is C16H17N3. The average Bonchev–Trinajstić information content (AvgIpc) is 2.79. The molecule has 0 unspecified atom stereocenters. The van der Waals surface area contributed by atoms with Gasteiger partial charge in [-0.2, -0.15) is 0 Å². The molecule has 0 aliphatic carbocycles. The third-order valence-corrected chi connectivity index (χ3v) is 3.28. The van der Waals surface area contributed by atoms with Gasteiger partial charge in [-0.1, -0.05) is 29.8 Å². The van der Waals surface area contributed by atoms with E-state index >= 15 is 0 Å². The quantitative estimate of drug-likeness (QED) is 0.778. The summed E-state index contributed by atoms with van der Waals surface area (Å²) in [6.45, 7) is 2.72. The summed E-state index contributed by atoms with van der Waals surface area (Å²) in [5.74, 6) is 0.989. The molecule has 0 spiro atoms. The number of benzene rings is 1. The zero-order chi connectivity index (χ0) is 13.2. The van der Waals surface area contributed by atoms with E-state index in [-0.39, 0.29) is 0 Å². The Morgan fingerprint density at radius 1 is 1.16 bits per heavy atom. The van der Waals surface area contributed by atoms with Crippen LogP contribution in [0.2, 0.25) is 0 Å². The van der Waals surface area contributed by atoms with E-state index in [4.69, 9.17) is 10.7 Å². The fourth-order valence-corrected chi connectivity index (χ4v) is 2.41. The van der Waals surface area contributed by atoms with Gasteiger partial charge in [0.2, 0.25) is 0 Å². The molecule has 0 saturated carbocycles. The number of hydrogen-bond acceptors (Lipinski definition) is 2. The fraction of sp³-hybridized carbons (Fsp3) is 0.188. The maximum atomic E-state index is 5.67. The highest BCUT2D eigenvalue weighted by Crippen LogP contribution is 2.23. The van der Waals surface area contributed by atoms with Gasteiger partial charge in [0.15, 0.2) is 0 Å². The molecule has 2 heterocycles. The molecule has 3 aromatic rings. The van der Waals surface area contributed by atoms with Crippen LogP contribution < -0.4 is 5.73 Å². The molecule has 0 bridgehead atoms. The Labute approximate surface area is 112 Å². The van der Waals surface area contributed by atoms with Gasteiger partial charge in [-0.3, -0.25) is 4.40 Å². The molecule has 1 aromatic carbocycles. The van der Waals surface area contributed by atoms with Gasteiger partial charge in [0, 0.05) is 18.2 Å². The minimum Gasteiger partial charge on any atom is -0.330 e. The Balaban J connectivity index is 2.23. The van der Waals surface area contributed by atoms with E-state index in [9.17, 15) is 0 Å². The van der Waals surface area contributed by atoms with Gasteiger partial charge in [0.05, 0.1) is 11.2 Å². The van der Waals surface area contributed by atoms with Crippen molar-refractivity contribution in [3.05, 3.63) is 59.9 Å². The lowest BCUT2D eigenvalue weighted by Gasteiger charge is -2.02. The van der Waals surface area contributed by atoms with Crippen molar-refractivity contribution in [1.29, 1.82) is 0 Å². The Morgan fingerprint density at radius 2 is 2.05 bits per heavy atom. The van der Waals surface area contributed by atoms with E-state index in [0.29, 0.717) is 6.54 Å². The predicted molar refractivity (Wildman–Crippen MR) is 78.1 cm³/mol. The minimum atomic E-state index is 0.620. The van der Waals surface area contributed by atoms with Gasteiger partial charge in [0.25, 0.3) is 0 Å². The Kier molecular flexibility index (Phi) is 3.05. The van der Waals surface area contributed by atoms with Gasteiger partial charge < -0.3 is 5.73 Å². The Bertz CT molecular complexity index is 713. The highest BCUT2D eigenvalue weighted by Gasteiger charge is 2.11. The molecule has 0 aliphatic rings. The van der Waals surface area contributed by atoms with Crippen molar-refractivity contribution in [1.82, 2.24) is 9.38 Å². The normalized spacial score (nSPS) is 11.1. The summed E-state index contributed by atoms with van der Waals surface area (Å²) in [7, 11) is 0. The molecule has 96 valence electrons. The van der Waals surface area contributed by atoms with Crippen LogP contribution in [0, 0.1) is 6.92 Å². The second-order valence-corrected chi connectivity index (χ2v) is 4.75. The highest BCUT2D eigenvalue weighted by atomic mass is 15.0. The summed E-state index contributed by atoms with van der Waals surface area (Å²) < 4.78 is 2.14. The lowest BCUT2D eigenvalue weighted by atomic mass is 10.1. The number of nitrogens with two attached hydrogens (primary N) is 1. The number of rotatable bonds is 3. The summed E-state index contributed by atoms with van der Waals surface area (Å²) in [5, 5.41) is 0. The van der Waals surface area contributed by atoms with E-state index in [1.54, 1.807) is 0 Å². The third kappa shape index (κ3) is 2.13. The van der Waals surface area contributed by atoms with Crippen molar-refractivity contribution in [2.24, 2.45) is 5.73 Å². The van der Waals surface area contributed by atoms with Crippen LogP contribution in [-0.4, -0.2) is 15.9 Å². The number of fused-ring (bicyclic) bond motifs is 1. The molecule has 2 N–H and O–H groups in total. The van der Waals surface area contributed by atoms with E-state index in [1.165, 1.54) is 5.56 Å². The first-order valence-electron chi connectivity index (χ1n) is 6.52. The van der Waals surface area contributed by atoms with Crippen molar-refractivity contribution < 1.29 is 0 Å². The molecule has 0 saturated heterocycles. The lowest BCUT2D eigenvalue weighted by Crippen LogP contribution is -2.03. The number of imidazole rings is 1. The second-order valence-electron chi connectivity index (χ2n) is 4.75. The zero-order valence-corrected chi connectivity index (χ0v) is 11.0. The van der Waals surface area contributed by atoms with Crippen LogP contribution in [0.4, 0.5) is 0 Å². The van der Waals surface area contributed by atoms with Crippen molar-refractivity contribution >= 4 is 5.52 Å². The monoisotopic (exact) mass is 251 g/mol. The smallest absolute Gasteiger partial charge is 0.144 e. The molecular weight excluding hydrogens is 234 g/mol. The topological polar surface area (TPSA) is 43.3 Å². The van der Waals surface area contributed by atoms with Gasteiger partial charge >= 0.3 is 0 Å². The molecule has 0 aliphatic heterocycles.